The van der Waals surface area contributed by atoms with Gasteiger partial charge in [-0.15, -0.1) is 0 Å². The lowest BCUT2D eigenvalue weighted by molar-refractivity contribution is -0.359. The molecule has 2 saturated heterocycles. The van der Waals surface area contributed by atoms with Gasteiger partial charge in [0.1, 0.15) is 48.8 Å². The van der Waals surface area contributed by atoms with E-state index < -0.39 is 86.8 Å². The third-order valence-corrected chi connectivity index (χ3v) is 19.7. The first-order valence-electron chi connectivity index (χ1n) is 40.5. The molecular formula is C82H151NO13. The van der Waals surface area contributed by atoms with Gasteiger partial charge >= 0.3 is 0 Å². The van der Waals surface area contributed by atoms with Crippen LogP contribution in [0.15, 0.2) is 60.8 Å². The molecule has 0 radical (unpaired) electrons. The number of nitrogens with one attached hydrogen (secondary N) is 1. The van der Waals surface area contributed by atoms with Gasteiger partial charge in [0.05, 0.1) is 32.0 Å². The van der Waals surface area contributed by atoms with Crippen molar-refractivity contribution in [1.29, 1.82) is 0 Å². The highest BCUT2D eigenvalue weighted by Crippen LogP contribution is 2.30. The summed E-state index contributed by atoms with van der Waals surface area (Å²) in [7, 11) is 0. The average molecular weight is 1360 g/mol. The summed E-state index contributed by atoms with van der Waals surface area (Å²) in [5.41, 5.74) is 0. The van der Waals surface area contributed by atoms with Crippen molar-refractivity contribution in [2.24, 2.45) is 0 Å². The van der Waals surface area contributed by atoms with E-state index in [-0.39, 0.29) is 18.9 Å². The fourth-order valence-corrected chi connectivity index (χ4v) is 13.2. The van der Waals surface area contributed by atoms with Crippen molar-refractivity contribution < 1.29 is 64.6 Å². The minimum absolute atomic E-state index is 0.247. The number of carbonyl (C=O) groups is 1. The van der Waals surface area contributed by atoms with Gasteiger partial charge in [-0.05, 0) is 77.0 Å². The summed E-state index contributed by atoms with van der Waals surface area (Å²) in [6, 6.07) is -0.940. The predicted molar refractivity (Wildman–Crippen MR) is 397 cm³/mol. The Morgan fingerprint density at radius 2 is 0.698 bits per heavy atom. The third-order valence-electron chi connectivity index (χ3n) is 19.7. The molecule has 2 fully saturated rings. The zero-order valence-electron chi connectivity index (χ0n) is 61.6. The third kappa shape index (κ3) is 48.5. The molecule has 0 saturated carbocycles. The summed E-state index contributed by atoms with van der Waals surface area (Å²) in [6.45, 7) is 2.82. The van der Waals surface area contributed by atoms with E-state index in [1.807, 2.05) is 6.08 Å². The highest BCUT2D eigenvalue weighted by atomic mass is 16.7. The Morgan fingerprint density at radius 3 is 1.08 bits per heavy atom. The molecule has 562 valence electrons. The number of unbranched alkanes of at least 4 members (excludes halogenated alkanes) is 47. The molecule has 0 aromatic heterocycles. The van der Waals surface area contributed by atoms with Crippen LogP contribution in [0.4, 0.5) is 0 Å². The minimum atomic E-state index is -1.79. The molecule has 1 amide bonds. The fraction of sp³-hybridized carbons (Fsp3) is 0.866. The lowest BCUT2D eigenvalue weighted by atomic mass is 9.97. The van der Waals surface area contributed by atoms with Crippen molar-refractivity contribution in [3.8, 4) is 0 Å². The number of hydrogen-bond acceptors (Lipinski definition) is 13. The standard InChI is InChI=1S/C82H151NO13/c1-3-5-7-9-11-13-15-17-19-21-23-25-27-29-31-32-33-34-35-36-37-38-40-42-44-46-48-50-52-54-56-58-60-62-64-66-74(87)83-70(69-93-81-79(92)77(90)80(73(68-85)95-81)96-82-78(91)76(89)75(88)72(67-84)94-82)71(86)65-63-61-59-57-55-53-51-49-47-45-43-41-39-30-28-26-24-22-20-18-16-14-12-10-8-6-4-2/h15,17,21,23,47,49,55,57,63,65,70-73,75-82,84-86,88-92H,3-14,16,18-20,22,24-46,48,50-54,56,58-62,64,66-69H2,1-2H3,(H,83,87)/b17-15-,23-21-,49-47+,57-55+,65-63+. The van der Waals surface area contributed by atoms with Gasteiger partial charge in [0.15, 0.2) is 12.6 Å². The molecule has 2 aliphatic heterocycles. The molecule has 9 N–H and O–H groups in total. The summed E-state index contributed by atoms with van der Waals surface area (Å²) in [6.07, 6.45) is 73.1. The average Bonchev–Trinajstić information content (AvgIpc) is 0.797. The number of rotatable bonds is 68. The first kappa shape index (κ1) is 89.8. The number of carbonyl (C=O) groups excluding carboxylic acids is 1. The molecule has 14 heteroatoms. The van der Waals surface area contributed by atoms with Crippen molar-refractivity contribution in [2.75, 3.05) is 19.8 Å². The number of aliphatic hydroxyl groups is 8. The minimum Gasteiger partial charge on any atom is -0.394 e. The van der Waals surface area contributed by atoms with Crippen LogP contribution in [-0.4, -0.2) is 140 Å². The Kier molecular flexibility index (Phi) is 61.7. The van der Waals surface area contributed by atoms with Gasteiger partial charge in [-0.3, -0.25) is 4.79 Å². The molecule has 12 atom stereocenters. The smallest absolute Gasteiger partial charge is 0.220 e. The van der Waals surface area contributed by atoms with Crippen LogP contribution in [0.3, 0.4) is 0 Å². The second-order valence-electron chi connectivity index (χ2n) is 28.5. The fourth-order valence-electron chi connectivity index (χ4n) is 13.2. The summed E-state index contributed by atoms with van der Waals surface area (Å²) in [5, 5.41) is 87.6. The van der Waals surface area contributed by atoms with Crippen LogP contribution < -0.4 is 5.32 Å². The van der Waals surface area contributed by atoms with Gasteiger partial charge in [-0.1, -0.05) is 338 Å². The maximum atomic E-state index is 13.4. The van der Waals surface area contributed by atoms with Crippen LogP contribution in [0.2, 0.25) is 0 Å². The van der Waals surface area contributed by atoms with E-state index in [1.54, 1.807) is 6.08 Å². The molecule has 2 heterocycles. The van der Waals surface area contributed by atoms with Gasteiger partial charge < -0.3 is 65.1 Å². The van der Waals surface area contributed by atoms with Crippen LogP contribution in [0.5, 0.6) is 0 Å². The van der Waals surface area contributed by atoms with Gasteiger partial charge in [-0.25, -0.2) is 0 Å². The largest absolute Gasteiger partial charge is 0.394 e. The van der Waals surface area contributed by atoms with E-state index in [0.717, 1.165) is 51.4 Å². The van der Waals surface area contributed by atoms with Crippen LogP contribution in [-0.2, 0) is 23.7 Å². The molecule has 0 aromatic carbocycles. The van der Waals surface area contributed by atoms with Crippen molar-refractivity contribution in [3.63, 3.8) is 0 Å². The van der Waals surface area contributed by atoms with Gasteiger partial charge in [0.2, 0.25) is 5.91 Å². The Balaban J connectivity index is 1.62. The lowest BCUT2D eigenvalue weighted by Crippen LogP contribution is -2.65. The van der Waals surface area contributed by atoms with Crippen LogP contribution in [0.25, 0.3) is 0 Å². The van der Waals surface area contributed by atoms with E-state index in [9.17, 15) is 45.6 Å². The van der Waals surface area contributed by atoms with Crippen LogP contribution >= 0.6 is 0 Å². The summed E-state index contributed by atoms with van der Waals surface area (Å²) >= 11 is 0. The number of hydrogen-bond donors (Lipinski definition) is 9. The van der Waals surface area contributed by atoms with Crippen molar-refractivity contribution >= 4 is 5.91 Å². The molecule has 0 aliphatic carbocycles. The van der Waals surface area contributed by atoms with Gasteiger partial charge in [-0.2, -0.15) is 0 Å². The Morgan fingerprint density at radius 1 is 0.375 bits per heavy atom. The first-order valence-corrected chi connectivity index (χ1v) is 40.5. The molecule has 12 unspecified atom stereocenters. The Bertz CT molecular complexity index is 1840. The number of amides is 1. The Labute approximate surface area is 587 Å². The highest BCUT2D eigenvalue weighted by Gasteiger charge is 2.51. The predicted octanol–water partition coefficient (Wildman–Crippen LogP) is 18.4. The lowest BCUT2D eigenvalue weighted by Gasteiger charge is -2.46. The van der Waals surface area contributed by atoms with Crippen molar-refractivity contribution in [3.05, 3.63) is 60.8 Å². The molecule has 96 heavy (non-hydrogen) atoms. The molecular weight excluding hydrogens is 1210 g/mol. The normalized spacial score (nSPS) is 22.5. The zero-order chi connectivity index (χ0) is 69.4. The number of aliphatic hydroxyl groups excluding tert-OH is 8. The van der Waals surface area contributed by atoms with Gasteiger partial charge in [0, 0.05) is 6.42 Å². The van der Waals surface area contributed by atoms with E-state index >= 15 is 0 Å². The van der Waals surface area contributed by atoms with E-state index in [2.05, 4.69) is 67.8 Å². The first-order chi connectivity index (χ1) is 47.1. The van der Waals surface area contributed by atoms with Crippen LogP contribution in [0.1, 0.15) is 361 Å². The zero-order valence-corrected chi connectivity index (χ0v) is 61.6. The maximum Gasteiger partial charge on any atom is 0.220 e. The topological polar surface area (TPSA) is 228 Å². The molecule has 2 rings (SSSR count). The van der Waals surface area contributed by atoms with E-state index in [4.69, 9.17) is 18.9 Å². The monoisotopic (exact) mass is 1360 g/mol. The second kappa shape index (κ2) is 66.0. The maximum absolute atomic E-state index is 13.4. The number of ether oxygens (including phenoxy) is 4. The van der Waals surface area contributed by atoms with E-state index in [0.29, 0.717) is 12.8 Å². The quantitative estimate of drug-likeness (QED) is 0.0204. The van der Waals surface area contributed by atoms with E-state index in [1.165, 1.54) is 276 Å². The van der Waals surface area contributed by atoms with Crippen molar-refractivity contribution in [1.82, 2.24) is 5.32 Å². The molecule has 2 aliphatic rings. The molecule has 0 bridgehead atoms. The van der Waals surface area contributed by atoms with Crippen LogP contribution in [0, 0.1) is 0 Å². The summed E-state index contributed by atoms with van der Waals surface area (Å²) in [4.78, 5) is 13.4. The molecule has 0 spiro atoms. The Hall–Kier alpha value is -2.31. The van der Waals surface area contributed by atoms with Gasteiger partial charge in [0.25, 0.3) is 0 Å². The van der Waals surface area contributed by atoms with Crippen molar-refractivity contribution in [2.45, 2.75) is 434 Å². The summed E-state index contributed by atoms with van der Waals surface area (Å²) in [5.74, 6) is -0.247. The second-order valence-corrected chi connectivity index (χ2v) is 28.5. The highest BCUT2D eigenvalue weighted by molar-refractivity contribution is 5.76. The molecule has 14 nitrogen and oxygen atoms in total. The SMILES string of the molecule is CCCCCCC/C=C\C/C=C\CCCCCCCCCCCCCCCCCCCCCCCCCC(=O)NC(COC1OC(CO)C(OC2OC(CO)C(O)C(O)C2O)C(O)C1O)C(O)/C=C/CC/C=C/CC/C=C/CCCCCCCCCCCCCCCCCCC. The number of allylic oxidation sites excluding steroid dienone is 9. The molecule has 0 aromatic rings. The summed E-state index contributed by atoms with van der Waals surface area (Å²) < 4.78 is 22.9.